The zero-order chi connectivity index (χ0) is 15.2. The van der Waals surface area contributed by atoms with Crippen LogP contribution in [-0.4, -0.2) is 13.2 Å². The van der Waals surface area contributed by atoms with Crippen LogP contribution in [0.15, 0.2) is 24.3 Å². The zero-order valence-corrected chi connectivity index (χ0v) is 14.1. The molecule has 1 aliphatic carbocycles. The summed E-state index contributed by atoms with van der Waals surface area (Å²) >= 11 is 0. The van der Waals surface area contributed by atoms with Gasteiger partial charge in [-0.05, 0) is 61.8 Å². The number of hydrogen-bond acceptors (Lipinski definition) is 2. The summed E-state index contributed by atoms with van der Waals surface area (Å²) in [6, 6.07) is 9.12. The van der Waals surface area contributed by atoms with E-state index in [1.807, 2.05) is 6.92 Å². The fourth-order valence-electron chi connectivity index (χ4n) is 3.63. The molecule has 2 heteroatoms. The predicted octanol–water partition coefficient (Wildman–Crippen LogP) is 4.81. The van der Waals surface area contributed by atoms with E-state index in [0.717, 1.165) is 36.7 Å². The highest BCUT2D eigenvalue weighted by molar-refractivity contribution is 5.31. The van der Waals surface area contributed by atoms with Crippen LogP contribution in [0.5, 0.6) is 5.75 Å². The lowest BCUT2D eigenvalue weighted by molar-refractivity contribution is 0.172. The second kappa shape index (κ2) is 7.84. The number of benzene rings is 1. The minimum atomic E-state index is 0.463. The molecule has 2 rings (SSSR count). The summed E-state index contributed by atoms with van der Waals surface area (Å²) in [5.74, 6) is 3.45. The molecule has 1 aliphatic rings. The van der Waals surface area contributed by atoms with Crippen LogP contribution in [-0.2, 0) is 0 Å². The molecule has 0 heterocycles. The van der Waals surface area contributed by atoms with Gasteiger partial charge in [-0.3, -0.25) is 0 Å². The Kier molecular flexibility index (Phi) is 6.10. The molecule has 0 spiro atoms. The molecule has 1 fully saturated rings. The van der Waals surface area contributed by atoms with Crippen LogP contribution in [0.2, 0.25) is 0 Å². The van der Waals surface area contributed by atoms with Crippen molar-refractivity contribution in [1.29, 1.82) is 0 Å². The molecule has 0 amide bonds. The molecule has 0 bridgehead atoms. The van der Waals surface area contributed by atoms with Crippen LogP contribution in [0.3, 0.4) is 0 Å². The number of nitrogens with one attached hydrogen (secondary N) is 1. The summed E-state index contributed by atoms with van der Waals surface area (Å²) in [6.07, 6.45) is 4.03. The molecular formula is C19H31NO. The summed E-state index contributed by atoms with van der Waals surface area (Å²) < 4.78 is 5.67. The van der Waals surface area contributed by atoms with E-state index in [1.165, 1.54) is 24.8 Å². The van der Waals surface area contributed by atoms with Gasteiger partial charge in [-0.1, -0.05) is 39.3 Å². The highest BCUT2D eigenvalue weighted by Gasteiger charge is 2.30. The van der Waals surface area contributed by atoms with E-state index in [-0.39, 0.29) is 0 Å². The van der Waals surface area contributed by atoms with Gasteiger partial charge in [0.2, 0.25) is 0 Å². The Morgan fingerprint density at radius 3 is 2.67 bits per heavy atom. The second-order valence-corrected chi connectivity index (χ2v) is 6.57. The third-order valence-corrected chi connectivity index (χ3v) is 5.06. The Hall–Kier alpha value is -1.02. The molecule has 0 saturated heterocycles. The van der Waals surface area contributed by atoms with Gasteiger partial charge in [0.05, 0.1) is 6.61 Å². The minimum absolute atomic E-state index is 0.463. The largest absolute Gasteiger partial charge is 0.494 e. The van der Waals surface area contributed by atoms with Gasteiger partial charge in [-0.15, -0.1) is 0 Å². The van der Waals surface area contributed by atoms with E-state index in [2.05, 4.69) is 50.4 Å². The van der Waals surface area contributed by atoms with Gasteiger partial charge in [0.15, 0.2) is 0 Å². The number of ether oxygens (including phenoxy) is 1. The zero-order valence-electron chi connectivity index (χ0n) is 14.1. The third-order valence-electron chi connectivity index (χ3n) is 5.06. The van der Waals surface area contributed by atoms with E-state index in [4.69, 9.17) is 4.74 Å². The molecular weight excluding hydrogens is 258 g/mol. The van der Waals surface area contributed by atoms with Crippen molar-refractivity contribution < 1.29 is 4.74 Å². The van der Waals surface area contributed by atoms with Gasteiger partial charge in [0, 0.05) is 6.04 Å². The van der Waals surface area contributed by atoms with E-state index < -0.39 is 0 Å². The van der Waals surface area contributed by atoms with Crippen molar-refractivity contribution in [3.63, 3.8) is 0 Å². The van der Waals surface area contributed by atoms with Gasteiger partial charge in [0.25, 0.3) is 0 Å². The van der Waals surface area contributed by atoms with Crippen molar-refractivity contribution in [2.75, 3.05) is 13.2 Å². The molecule has 1 aromatic rings. The van der Waals surface area contributed by atoms with Gasteiger partial charge in [0.1, 0.15) is 5.75 Å². The van der Waals surface area contributed by atoms with Crippen LogP contribution in [0.4, 0.5) is 0 Å². The maximum absolute atomic E-state index is 5.67. The number of hydrogen-bond donors (Lipinski definition) is 1. The lowest BCUT2D eigenvalue weighted by Gasteiger charge is -2.37. The van der Waals surface area contributed by atoms with Crippen LogP contribution in [0.25, 0.3) is 0 Å². The van der Waals surface area contributed by atoms with Gasteiger partial charge in [-0.2, -0.15) is 0 Å². The van der Waals surface area contributed by atoms with Gasteiger partial charge < -0.3 is 10.1 Å². The average Bonchev–Trinajstić information content (AvgIpc) is 2.48. The van der Waals surface area contributed by atoms with Crippen molar-refractivity contribution in [2.24, 2.45) is 17.8 Å². The first kappa shape index (κ1) is 16.4. The van der Waals surface area contributed by atoms with Crippen molar-refractivity contribution in [1.82, 2.24) is 5.32 Å². The molecule has 0 radical (unpaired) electrons. The normalized spacial score (nSPS) is 27.3. The van der Waals surface area contributed by atoms with Gasteiger partial charge >= 0.3 is 0 Å². The monoisotopic (exact) mass is 289 g/mol. The fraction of sp³-hybridized carbons (Fsp3) is 0.684. The Labute approximate surface area is 130 Å². The molecule has 4 atom stereocenters. The first-order chi connectivity index (χ1) is 10.2. The topological polar surface area (TPSA) is 21.3 Å². The summed E-state index contributed by atoms with van der Waals surface area (Å²) in [5, 5.41) is 3.72. The van der Waals surface area contributed by atoms with Crippen LogP contribution < -0.4 is 10.1 Å². The quantitative estimate of drug-likeness (QED) is 0.811. The predicted molar refractivity (Wildman–Crippen MR) is 89.7 cm³/mol. The summed E-state index contributed by atoms with van der Waals surface area (Å²) in [5.41, 5.74) is 1.38. The number of rotatable bonds is 6. The first-order valence-corrected chi connectivity index (χ1v) is 8.61. The molecule has 0 aromatic heterocycles. The Morgan fingerprint density at radius 2 is 2.00 bits per heavy atom. The van der Waals surface area contributed by atoms with Crippen molar-refractivity contribution in [3.05, 3.63) is 29.8 Å². The van der Waals surface area contributed by atoms with E-state index in [1.54, 1.807) is 0 Å². The molecule has 1 aromatic carbocycles. The summed E-state index contributed by atoms with van der Waals surface area (Å²) in [4.78, 5) is 0. The standard InChI is InChI=1S/C19H31NO/c1-5-20-19(17-11-10-14(3)15(4)12-17)16-8-7-9-18(13-16)21-6-2/h7-9,13-15,17,19-20H,5-6,10-12H2,1-4H3. The maximum atomic E-state index is 5.67. The molecule has 0 aliphatic heterocycles. The lowest BCUT2D eigenvalue weighted by atomic mass is 9.72. The third kappa shape index (κ3) is 4.23. The summed E-state index contributed by atoms with van der Waals surface area (Å²) in [7, 11) is 0. The minimum Gasteiger partial charge on any atom is -0.494 e. The van der Waals surface area contributed by atoms with Gasteiger partial charge in [-0.25, -0.2) is 0 Å². The van der Waals surface area contributed by atoms with E-state index in [9.17, 15) is 0 Å². The van der Waals surface area contributed by atoms with Crippen molar-refractivity contribution in [2.45, 2.75) is 53.0 Å². The highest BCUT2D eigenvalue weighted by atomic mass is 16.5. The SMILES string of the molecule is CCNC(c1cccc(OCC)c1)C1CCC(C)C(C)C1. The lowest BCUT2D eigenvalue weighted by Crippen LogP contribution is -2.33. The molecule has 1 saturated carbocycles. The van der Waals surface area contributed by atoms with Crippen LogP contribution >= 0.6 is 0 Å². The van der Waals surface area contributed by atoms with E-state index >= 15 is 0 Å². The molecule has 4 unspecified atom stereocenters. The van der Waals surface area contributed by atoms with Crippen LogP contribution in [0, 0.1) is 17.8 Å². The molecule has 118 valence electrons. The maximum Gasteiger partial charge on any atom is 0.119 e. The Balaban J connectivity index is 2.16. The summed E-state index contributed by atoms with van der Waals surface area (Å²) in [6.45, 7) is 10.8. The van der Waals surface area contributed by atoms with Crippen LogP contribution in [0.1, 0.15) is 58.6 Å². The second-order valence-electron chi connectivity index (χ2n) is 6.57. The molecule has 2 nitrogen and oxygen atoms in total. The Morgan fingerprint density at radius 1 is 1.19 bits per heavy atom. The molecule has 1 N–H and O–H groups in total. The smallest absolute Gasteiger partial charge is 0.119 e. The molecule has 21 heavy (non-hydrogen) atoms. The van der Waals surface area contributed by atoms with E-state index in [0.29, 0.717) is 6.04 Å². The average molecular weight is 289 g/mol. The highest BCUT2D eigenvalue weighted by Crippen LogP contribution is 2.40. The fourth-order valence-corrected chi connectivity index (χ4v) is 3.63. The Bertz CT molecular complexity index is 431. The first-order valence-electron chi connectivity index (χ1n) is 8.61. The van der Waals surface area contributed by atoms with Crippen molar-refractivity contribution in [3.8, 4) is 5.75 Å². The van der Waals surface area contributed by atoms with Crippen molar-refractivity contribution >= 4 is 0 Å².